The lowest BCUT2D eigenvalue weighted by molar-refractivity contribution is -0.277. The SMILES string of the molecule is COc1cc(O[C@H]2O[C@H](CO)[C@@H](O)[C@H](O)[C@H]2O)c2c(c1)C(=O)c1cc(C3CCCCC3)cc(O)c1C2=O. The number of benzene rings is 2. The van der Waals surface area contributed by atoms with Crippen LogP contribution >= 0.6 is 0 Å². The van der Waals surface area contributed by atoms with E-state index in [2.05, 4.69) is 0 Å². The van der Waals surface area contributed by atoms with E-state index in [1.54, 1.807) is 12.1 Å². The molecule has 10 nitrogen and oxygen atoms in total. The fourth-order valence-electron chi connectivity index (χ4n) is 5.51. The van der Waals surface area contributed by atoms with Crippen molar-refractivity contribution in [1.29, 1.82) is 0 Å². The lowest BCUT2D eigenvalue weighted by Crippen LogP contribution is -2.60. The summed E-state index contributed by atoms with van der Waals surface area (Å²) < 4.78 is 16.5. The summed E-state index contributed by atoms with van der Waals surface area (Å²) in [5.41, 5.74) is 0.625. The molecule has 0 unspecified atom stereocenters. The average Bonchev–Trinajstić information content (AvgIpc) is 2.91. The summed E-state index contributed by atoms with van der Waals surface area (Å²) in [7, 11) is 1.37. The largest absolute Gasteiger partial charge is 0.507 e. The van der Waals surface area contributed by atoms with E-state index in [0.29, 0.717) is 0 Å². The molecule has 5 atom stereocenters. The van der Waals surface area contributed by atoms with E-state index in [4.69, 9.17) is 14.2 Å². The van der Waals surface area contributed by atoms with E-state index in [-0.39, 0.29) is 45.4 Å². The highest BCUT2D eigenvalue weighted by atomic mass is 16.7. The van der Waals surface area contributed by atoms with Gasteiger partial charge < -0.3 is 39.7 Å². The predicted octanol–water partition coefficient (Wildman–Crippen LogP) is 1.40. The molecule has 0 aromatic heterocycles. The first-order chi connectivity index (χ1) is 17.7. The van der Waals surface area contributed by atoms with Gasteiger partial charge in [0.15, 0.2) is 5.78 Å². The van der Waals surface area contributed by atoms with Gasteiger partial charge in [0, 0.05) is 17.2 Å². The Morgan fingerprint density at radius 2 is 1.59 bits per heavy atom. The summed E-state index contributed by atoms with van der Waals surface area (Å²) in [6.07, 6.45) is -2.67. The number of phenolic OH excluding ortho intramolecular Hbond substituents is 1. The van der Waals surface area contributed by atoms with E-state index >= 15 is 0 Å². The van der Waals surface area contributed by atoms with E-state index in [1.165, 1.54) is 19.2 Å². The van der Waals surface area contributed by atoms with Gasteiger partial charge in [0.05, 0.1) is 24.8 Å². The molecule has 5 rings (SSSR count). The molecule has 2 aromatic carbocycles. The van der Waals surface area contributed by atoms with Crippen LogP contribution in [0.2, 0.25) is 0 Å². The number of aliphatic hydroxyl groups is 4. The maximum absolute atomic E-state index is 13.7. The van der Waals surface area contributed by atoms with Crippen molar-refractivity contribution in [2.75, 3.05) is 13.7 Å². The summed E-state index contributed by atoms with van der Waals surface area (Å²) in [6.45, 7) is -0.664. The molecule has 2 aliphatic carbocycles. The minimum absolute atomic E-state index is 0.00312. The van der Waals surface area contributed by atoms with Gasteiger partial charge in [-0.3, -0.25) is 9.59 Å². The summed E-state index contributed by atoms with van der Waals surface area (Å²) in [6, 6.07) is 5.96. The van der Waals surface area contributed by atoms with Gasteiger partial charge in [0.1, 0.15) is 41.7 Å². The number of ether oxygens (including phenoxy) is 3. The first kappa shape index (κ1) is 25.6. The molecule has 0 spiro atoms. The van der Waals surface area contributed by atoms with Gasteiger partial charge in [-0.05, 0) is 42.5 Å². The molecular formula is C27H30O10. The fraction of sp³-hybridized carbons (Fsp3) is 0.481. The predicted molar refractivity (Wildman–Crippen MR) is 128 cm³/mol. The van der Waals surface area contributed by atoms with E-state index in [9.17, 15) is 35.1 Å². The molecule has 198 valence electrons. The number of carbonyl (C=O) groups excluding carboxylic acids is 2. The van der Waals surface area contributed by atoms with Crippen molar-refractivity contribution in [2.24, 2.45) is 0 Å². The summed E-state index contributed by atoms with van der Waals surface area (Å²) >= 11 is 0. The Kier molecular flexibility index (Phi) is 6.95. The smallest absolute Gasteiger partial charge is 0.229 e. The standard InChI is InChI=1S/C27H30O10/c1-35-14-9-16-21(18(10-14)36-27-26(34)25(33)23(31)19(11-28)37-27)24(32)20-15(22(16)30)7-13(8-17(20)29)12-5-3-2-4-6-12/h7-10,12,19,23,25-29,31,33-34H,2-6,11H2,1H3/t19-,23-,25+,26-,27+/m1/s1. The zero-order chi connectivity index (χ0) is 26.4. The van der Waals surface area contributed by atoms with E-state index in [0.717, 1.165) is 37.7 Å². The number of carbonyl (C=O) groups is 2. The zero-order valence-electron chi connectivity index (χ0n) is 20.3. The van der Waals surface area contributed by atoms with Crippen LogP contribution in [0.1, 0.15) is 75.4 Å². The maximum Gasteiger partial charge on any atom is 0.229 e. The Labute approximate surface area is 213 Å². The third-order valence-corrected chi connectivity index (χ3v) is 7.56. The summed E-state index contributed by atoms with van der Waals surface area (Å²) in [4.78, 5) is 27.3. The van der Waals surface area contributed by atoms with E-state index in [1.807, 2.05) is 0 Å². The number of phenols is 1. The van der Waals surface area contributed by atoms with Crippen LogP contribution in [0, 0.1) is 0 Å². The second-order valence-corrected chi connectivity index (χ2v) is 9.82. The highest BCUT2D eigenvalue weighted by molar-refractivity contribution is 6.30. The van der Waals surface area contributed by atoms with Gasteiger partial charge in [-0.2, -0.15) is 0 Å². The van der Waals surface area contributed by atoms with Crippen LogP contribution in [0.3, 0.4) is 0 Å². The molecule has 5 N–H and O–H groups in total. The second-order valence-electron chi connectivity index (χ2n) is 9.82. The third kappa shape index (κ3) is 4.38. The second kappa shape index (κ2) is 10.0. The molecule has 1 saturated heterocycles. The fourth-order valence-corrected chi connectivity index (χ4v) is 5.51. The van der Waals surface area contributed by atoms with Crippen LogP contribution in [0.25, 0.3) is 0 Å². The molecule has 3 aliphatic rings. The van der Waals surface area contributed by atoms with Crippen molar-refractivity contribution in [1.82, 2.24) is 0 Å². The molecule has 1 saturated carbocycles. The Hall–Kier alpha value is -3.02. The quantitative estimate of drug-likeness (QED) is 0.336. The Morgan fingerprint density at radius 1 is 0.892 bits per heavy atom. The highest BCUT2D eigenvalue weighted by Crippen LogP contribution is 2.43. The average molecular weight is 515 g/mol. The molecular weight excluding hydrogens is 484 g/mol. The van der Waals surface area contributed by atoms with Crippen LogP contribution in [0.4, 0.5) is 0 Å². The van der Waals surface area contributed by atoms with Crippen molar-refractivity contribution >= 4 is 11.6 Å². The molecule has 2 aromatic rings. The van der Waals surface area contributed by atoms with Gasteiger partial charge >= 0.3 is 0 Å². The minimum atomic E-state index is -1.73. The van der Waals surface area contributed by atoms with Gasteiger partial charge in [-0.15, -0.1) is 0 Å². The molecule has 37 heavy (non-hydrogen) atoms. The van der Waals surface area contributed by atoms with Crippen LogP contribution < -0.4 is 9.47 Å². The van der Waals surface area contributed by atoms with Gasteiger partial charge in [-0.25, -0.2) is 0 Å². The van der Waals surface area contributed by atoms with Crippen molar-refractivity contribution in [3.8, 4) is 17.2 Å². The number of rotatable bonds is 5. The van der Waals surface area contributed by atoms with Crippen molar-refractivity contribution < 1.29 is 49.3 Å². The topological polar surface area (TPSA) is 163 Å². The number of ketones is 2. The molecule has 0 radical (unpaired) electrons. The first-order valence-corrected chi connectivity index (χ1v) is 12.4. The molecule has 0 amide bonds. The maximum atomic E-state index is 13.7. The van der Waals surface area contributed by atoms with Crippen LogP contribution in [0.5, 0.6) is 17.2 Å². The zero-order valence-corrected chi connectivity index (χ0v) is 20.3. The number of methoxy groups -OCH3 is 1. The number of hydrogen-bond acceptors (Lipinski definition) is 10. The van der Waals surface area contributed by atoms with Crippen molar-refractivity contribution in [3.63, 3.8) is 0 Å². The van der Waals surface area contributed by atoms with Crippen LogP contribution in [0.15, 0.2) is 24.3 Å². The Morgan fingerprint density at radius 3 is 2.27 bits per heavy atom. The first-order valence-electron chi connectivity index (χ1n) is 12.4. The van der Waals surface area contributed by atoms with Crippen molar-refractivity contribution in [3.05, 3.63) is 52.1 Å². The summed E-state index contributed by atoms with van der Waals surface area (Å²) in [5, 5.41) is 51.0. The lowest BCUT2D eigenvalue weighted by Gasteiger charge is -2.39. The molecule has 10 heteroatoms. The minimum Gasteiger partial charge on any atom is -0.507 e. The van der Waals surface area contributed by atoms with Crippen LogP contribution in [-0.2, 0) is 4.74 Å². The molecule has 1 aliphatic heterocycles. The summed E-state index contributed by atoms with van der Waals surface area (Å²) in [5.74, 6) is -1.23. The number of fused-ring (bicyclic) bond motifs is 2. The number of aliphatic hydroxyl groups excluding tert-OH is 4. The van der Waals surface area contributed by atoms with E-state index < -0.39 is 48.9 Å². The number of aromatic hydroxyl groups is 1. The Balaban J connectivity index is 1.56. The lowest BCUT2D eigenvalue weighted by atomic mass is 9.78. The molecule has 0 bridgehead atoms. The highest BCUT2D eigenvalue weighted by Gasteiger charge is 2.46. The van der Waals surface area contributed by atoms with Gasteiger partial charge in [-0.1, -0.05) is 19.3 Å². The normalized spacial score (nSPS) is 28.0. The third-order valence-electron chi connectivity index (χ3n) is 7.56. The van der Waals surface area contributed by atoms with Crippen LogP contribution in [-0.4, -0.2) is 81.5 Å². The monoisotopic (exact) mass is 514 g/mol. The van der Waals surface area contributed by atoms with Crippen molar-refractivity contribution in [2.45, 2.75) is 68.7 Å². The van der Waals surface area contributed by atoms with Gasteiger partial charge in [0.25, 0.3) is 0 Å². The van der Waals surface area contributed by atoms with Gasteiger partial charge in [0.2, 0.25) is 12.1 Å². The molecule has 2 fully saturated rings. The Bertz CT molecular complexity index is 1220. The molecule has 1 heterocycles. The number of hydrogen-bond donors (Lipinski definition) is 5.